The third-order valence-electron chi connectivity index (χ3n) is 4.39. The lowest BCUT2D eigenvalue weighted by Crippen LogP contribution is -2.47. The fourth-order valence-corrected chi connectivity index (χ4v) is 3.52. The number of hydrogen-bond acceptors (Lipinski definition) is 1. The first-order valence-corrected chi connectivity index (χ1v) is 7.30. The van der Waals surface area contributed by atoms with Crippen molar-refractivity contribution >= 4 is 6.03 Å². The largest absolute Gasteiger partial charge is 0.338 e. The van der Waals surface area contributed by atoms with Crippen molar-refractivity contribution in [3.05, 3.63) is 0 Å². The molecule has 2 aliphatic rings. The molecule has 1 saturated heterocycles. The molecule has 1 aliphatic heterocycles. The molecule has 17 heavy (non-hydrogen) atoms. The monoisotopic (exact) mass is 238 g/mol. The molecule has 1 aliphatic carbocycles. The van der Waals surface area contributed by atoms with E-state index in [1.807, 2.05) is 0 Å². The van der Waals surface area contributed by atoms with Gasteiger partial charge in [-0.2, -0.15) is 0 Å². The van der Waals surface area contributed by atoms with Gasteiger partial charge < -0.3 is 10.2 Å². The summed E-state index contributed by atoms with van der Waals surface area (Å²) in [4.78, 5) is 14.3. The lowest BCUT2D eigenvalue weighted by atomic mass is 9.85. The Kier molecular flexibility index (Phi) is 4.30. The average Bonchev–Trinajstić information content (AvgIpc) is 2.65. The predicted molar refractivity (Wildman–Crippen MR) is 70.0 cm³/mol. The zero-order valence-electron chi connectivity index (χ0n) is 11.2. The highest BCUT2D eigenvalue weighted by atomic mass is 16.2. The molecule has 0 unspecified atom stereocenters. The van der Waals surface area contributed by atoms with Crippen LogP contribution >= 0.6 is 0 Å². The molecular weight excluding hydrogens is 212 g/mol. The zero-order chi connectivity index (χ0) is 12.3. The van der Waals surface area contributed by atoms with Gasteiger partial charge >= 0.3 is 6.03 Å². The topological polar surface area (TPSA) is 32.3 Å². The quantitative estimate of drug-likeness (QED) is 0.753. The first-order valence-electron chi connectivity index (χ1n) is 7.30. The van der Waals surface area contributed by atoms with Gasteiger partial charge in [-0.3, -0.25) is 0 Å². The first-order chi connectivity index (χ1) is 8.24. The number of urea groups is 1. The summed E-state index contributed by atoms with van der Waals surface area (Å²) in [5, 5.41) is 3.08. The summed E-state index contributed by atoms with van der Waals surface area (Å²) in [5.74, 6) is 0.774. The van der Waals surface area contributed by atoms with Crippen molar-refractivity contribution in [3.8, 4) is 0 Å². The Morgan fingerprint density at radius 2 is 2.12 bits per heavy atom. The highest BCUT2D eigenvalue weighted by Gasteiger charge is 2.42. The minimum atomic E-state index is 0.181. The van der Waals surface area contributed by atoms with E-state index < -0.39 is 0 Å². The van der Waals surface area contributed by atoms with Crippen LogP contribution in [-0.4, -0.2) is 29.6 Å². The zero-order valence-corrected chi connectivity index (χ0v) is 11.2. The molecule has 98 valence electrons. The number of rotatable bonds is 3. The number of fused-ring (bicyclic) bond motifs is 1. The van der Waals surface area contributed by atoms with E-state index in [4.69, 9.17) is 0 Å². The fraction of sp³-hybridized carbons (Fsp3) is 0.929. The van der Waals surface area contributed by atoms with Crippen LogP contribution in [0.3, 0.4) is 0 Å². The van der Waals surface area contributed by atoms with Crippen molar-refractivity contribution in [2.24, 2.45) is 5.92 Å². The molecule has 2 fully saturated rings. The molecule has 1 saturated carbocycles. The van der Waals surface area contributed by atoms with Gasteiger partial charge in [0.1, 0.15) is 0 Å². The van der Waals surface area contributed by atoms with Gasteiger partial charge in [-0.1, -0.05) is 26.2 Å². The van der Waals surface area contributed by atoms with Gasteiger partial charge in [0, 0.05) is 18.6 Å². The van der Waals surface area contributed by atoms with Crippen LogP contribution in [0.1, 0.15) is 58.8 Å². The van der Waals surface area contributed by atoms with E-state index in [-0.39, 0.29) is 6.03 Å². The van der Waals surface area contributed by atoms with Crippen LogP contribution in [-0.2, 0) is 0 Å². The van der Waals surface area contributed by atoms with Crippen molar-refractivity contribution in [2.75, 3.05) is 6.54 Å². The molecule has 0 aromatic heterocycles. The minimum Gasteiger partial charge on any atom is -0.338 e. The molecule has 2 amide bonds. The minimum absolute atomic E-state index is 0.181. The maximum absolute atomic E-state index is 12.2. The molecule has 1 N–H and O–H groups in total. The lowest BCUT2D eigenvalue weighted by molar-refractivity contribution is 0.156. The molecular formula is C14H26N2O. The summed E-state index contributed by atoms with van der Waals surface area (Å²) in [5.41, 5.74) is 0. The Morgan fingerprint density at radius 1 is 1.35 bits per heavy atom. The van der Waals surface area contributed by atoms with Crippen LogP contribution in [0.2, 0.25) is 0 Å². The third kappa shape index (κ3) is 2.75. The fourth-order valence-electron chi connectivity index (χ4n) is 3.52. The van der Waals surface area contributed by atoms with E-state index in [0.717, 1.165) is 25.3 Å². The second-order valence-corrected chi connectivity index (χ2v) is 5.69. The van der Waals surface area contributed by atoms with Gasteiger partial charge in [0.15, 0.2) is 0 Å². The van der Waals surface area contributed by atoms with Gasteiger partial charge in [0.2, 0.25) is 0 Å². The van der Waals surface area contributed by atoms with Crippen LogP contribution in [0.4, 0.5) is 4.79 Å². The van der Waals surface area contributed by atoms with E-state index in [9.17, 15) is 4.79 Å². The normalized spacial score (nSPS) is 32.4. The lowest BCUT2D eigenvalue weighted by Gasteiger charge is -2.33. The van der Waals surface area contributed by atoms with Crippen molar-refractivity contribution in [1.82, 2.24) is 10.2 Å². The van der Waals surface area contributed by atoms with Crippen molar-refractivity contribution in [2.45, 2.75) is 70.9 Å². The smallest absolute Gasteiger partial charge is 0.317 e. The van der Waals surface area contributed by atoms with Gasteiger partial charge in [0.05, 0.1) is 0 Å². The summed E-state index contributed by atoms with van der Waals surface area (Å²) < 4.78 is 0. The Morgan fingerprint density at radius 3 is 2.88 bits per heavy atom. The van der Waals surface area contributed by atoms with Crippen molar-refractivity contribution in [1.29, 1.82) is 0 Å². The third-order valence-corrected chi connectivity index (χ3v) is 4.39. The molecule has 2 rings (SSSR count). The van der Waals surface area contributed by atoms with Crippen LogP contribution in [0.25, 0.3) is 0 Å². The Hall–Kier alpha value is -0.730. The highest BCUT2D eigenvalue weighted by molar-refractivity contribution is 5.75. The number of nitrogens with zero attached hydrogens (tertiary/aromatic N) is 1. The summed E-state index contributed by atoms with van der Waals surface area (Å²) in [6, 6.07) is 1.14. The standard InChI is InChI=1S/C14H26N2O/c1-3-4-9-15-14(17)16-11(2)10-12-7-5-6-8-13(12)16/h11-13H,3-10H2,1-2H3,(H,15,17)/t11-,12-,13-/m1/s1. The molecule has 0 radical (unpaired) electrons. The maximum atomic E-state index is 12.2. The van der Waals surface area contributed by atoms with Gasteiger partial charge in [-0.05, 0) is 38.5 Å². The van der Waals surface area contributed by atoms with Crippen LogP contribution in [0, 0.1) is 5.92 Å². The molecule has 0 spiro atoms. The van der Waals surface area contributed by atoms with Gasteiger partial charge in [0.25, 0.3) is 0 Å². The van der Waals surface area contributed by atoms with Crippen molar-refractivity contribution in [3.63, 3.8) is 0 Å². The molecule has 3 nitrogen and oxygen atoms in total. The molecule has 0 aromatic rings. The van der Waals surface area contributed by atoms with E-state index in [0.29, 0.717) is 12.1 Å². The van der Waals surface area contributed by atoms with E-state index in [1.54, 1.807) is 0 Å². The number of hydrogen-bond donors (Lipinski definition) is 1. The predicted octanol–water partition coefficient (Wildman–Crippen LogP) is 3.15. The number of carbonyl (C=O) groups is 1. The Bertz CT molecular complexity index is 267. The van der Waals surface area contributed by atoms with Crippen LogP contribution in [0.5, 0.6) is 0 Å². The molecule has 3 atom stereocenters. The maximum Gasteiger partial charge on any atom is 0.317 e. The molecule has 0 bridgehead atoms. The average molecular weight is 238 g/mol. The number of nitrogens with one attached hydrogen (secondary N) is 1. The first kappa shape index (κ1) is 12.7. The number of carbonyl (C=O) groups excluding carboxylic acids is 1. The van der Waals surface area contributed by atoms with E-state index in [2.05, 4.69) is 24.1 Å². The highest BCUT2D eigenvalue weighted by Crippen LogP contribution is 2.39. The summed E-state index contributed by atoms with van der Waals surface area (Å²) in [6.07, 6.45) is 8.64. The summed E-state index contributed by atoms with van der Waals surface area (Å²) in [6.45, 7) is 5.19. The second-order valence-electron chi connectivity index (χ2n) is 5.69. The van der Waals surface area contributed by atoms with E-state index >= 15 is 0 Å². The van der Waals surface area contributed by atoms with Gasteiger partial charge in [-0.15, -0.1) is 0 Å². The number of unbranched alkanes of at least 4 members (excludes halogenated alkanes) is 1. The summed E-state index contributed by atoms with van der Waals surface area (Å²) in [7, 11) is 0. The Balaban J connectivity index is 1.91. The number of likely N-dealkylation sites (tertiary alicyclic amines) is 1. The molecule has 3 heteroatoms. The Labute approximate surface area is 105 Å². The van der Waals surface area contributed by atoms with E-state index in [1.165, 1.54) is 32.1 Å². The van der Waals surface area contributed by atoms with Gasteiger partial charge in [-0.25, -0.2) is 4.79 Å². The molecule has 0 aromatic carbocycles. The van der Waals surface area contributed by atoms with Crippen LogP contribution in [0.15, 0.2) is 0 Å². The molecule has 1 heterocycles. The summed E-state index contributed by atoms with van der Waals surface area (Å²) >= 11 is 0. The van der Waals surface area contributed by atoms with Crippen molar-refractivity contribution < 1.29 is 4.79 Å². The number of amides is 2. The second kappa shape index (κ2) is 5.74. The SMILES string of the molecule is CCCCNC(=O)N1[C@H](C)C[C@H]2CCCC[C@H]21. The van der Waals surface area contributed by atoms with Crippen LogP contribution < -0.4 is 5.32 Å².